The Morgan fingerprint density at radius 3 is 2.40 bits per heavy atom. The number of aryl methyl sites for hydroxylation is 1. The van der Waals surface area contributed by atoms with Crippen LogP contribution in [0.5, 0.6) is 0 Å². The lowest BCUT2D eigenvalue weighted by Gasteiger charge is -2.24. The molecular formula is C14H22ClN3O2. The van der Waals surface area contributed by atoms with E-state index < -0.39 is 5.91 Å². The minimum Gasteiger partial charge on any atom is -0.399 e. The molecule has 6 heteroatoms. The summed E-state index contributed by atoms with van der Waals surface area (Å²) in [5.74, 6) is -0.475. The van der Waals surface area contributed by atoms with Crippen molar-refractivity contribution in [2.24, 2.45) is 11.7 Å². The molecule has 0 unspecified atom stereocenters. The van der Waals surface area contributed by atoms with Crippen molar-refractivity contribution in [1.29, 1.82) is 0 Å². The fraction of sp³-hybridized carbons (Fsp3) is 0.429. The Hall–Kier alpha value is -1.75. The molecule has 20 heavy (non-hydrogen) atoms. The van der Waals surface area contributed by atoms with Gasteiger partial charge in [-0.2, -0.15) is 0 Å². The van der Waals surface area contributed by atoms with Crippen LogP contribution in [0.2, 0.25) is 0 Å². The molecule has 0 aromatic heterocycles. The highest BCUT2D eigenvalue weighted by atomic mass is 35.5. The van der Waals surface area contributed by atoms with E-state index in [9.17, 15) is 9.59 Å². The van der Waals surface area contributed by atoms with E-state index in [1.165, 1.54) is 4.90 Å². The highest BCUT2D eigenvalue weighted by Crippen LogP contribution is 2.16. The maximum atomic E-state index is 12.5. The monoisotopic (exact) mass is 299 g/mol. The Morgan fingerprint density at radius 1 is 1.30 bits per heavy atom. The van der Waals surface area contributed by atoms with Gasteiger partial charge in [0.1, 0.15) is 0 Å². The Kier molecular flexibility index (Phi) is 7.07. The summed E-state index contributed by atoms with van der Waals surface area (Å²) in [5, 5.41) is 0. The molecule has 1 rings (SSSR count). The van der Waals surface area contributed by atoms with Gasteiger partial charge >= 0.3 is 0 Å². The Labute approximate surface area is 125 Å². The van der Waals surface area contributed by atoms with Gasteiger partial charge in [-0.3, -0.25) is 9.59 Å². The zero-order valence-electron chi connectivity index (χ0n) is 12.1. The van der Waals surface area contributed by atoms with Crippen LogP contribution < -0.4 is 11.5 Å². The molecule has 0 spiro atoms. The van der Waals surface area contributed by atoms with Gasteiger partial charge in [-0.15, -0.1) is 12.4 Å². The lowest BCUT2D eigenvalue weighted by atomic mass is 10.1. The first kappa shape index (κ1) is 18.2. The highest BCUT2D eigenvalue weighted by Gasteiger charge is 2.20. The summed E-state index contributed by atoms with van der Waals surface area (Å²) in [6.45, 7) is 6.20. The van der Waals surface area contributed by atoms with Crippen LogP contribution >= 0.6 is 12.4 Å². The summed E-state index contributed by atoms with van der Waals surface area (Å²) < 4.78 is 0. The van der Waals surface area contributed by atoms with Crippen molar-refractivity contribution in [3.8, 4) is 0 Å². The smallest absolute Gasteiger partial charge is 0.254 e. The fourth-order valence-corrected chi connectivity index (χ4v) is 1.89. The minimum atomic E-state index is -0.518. The molecule has 5 nitrogen and oxygen atoms in total. The van der Waals surface area contributed by atoms with Gasteiger partial charge in [0.15, 0.2) is 0 Å². The van der Waals surface area contributed by atoms with Crippen molar-refractivity contribution in [3.63, 3.8) is 0 Å². The summed E-state index contributed by atoms with van der Waals surface area (Å²) in [4.78, 5) is 25.0. The molecule has 0 saturated heterocycles. The van der Waals surface area contributed by atoms with E-state index in [1.54, 1.807) is 18.2 Å². The number of hydrogen-bond donors (Lipinski definition) is 2. The summed E-state index contributed by atoms with van der Waals surface area (Å²) >= 11 is 0. The molecule has 0 aliphatic rings. The molecule has 1 aromatic carbocycles. The average Bonchev–Trinajstić information content (AvgIpc) is 2.29. The third-order valence-corrected chi connectivity index (χ3v) is 2.71. The molecule has 0 bridgehead atoms. The quantitative estimate of drug-likeness (QED) is 0.809. The van der Waals surface area contributed by atoms with E-state index >= 15 is 0 Å². The second-order valence-electron chi connectivity index (χ2n) is 5.12. The predicted octanol–water partition coefficient (Wildman–Crippen LogP) is 1.58. The van der Waals surface area contributed by atoms with Crippen LogP contribution in [0.3, 0.4) is 0 Å². The number of nitrogens with zero attached hydrogens (tertiary/aromatic N) is 1. The number of nitrogen functional groups attached to an aromatic ring is 1. The number of hydrogen-bond acceptors (Lipinski definition) is 3. The number of nitrogens with two attached hydrogens (primary N) is 2. The molecule has 0 atom stereocenters. The molecule has 1 aromatic rings. The number of carbonyl (C=O) groups excluding carboxylic acids is 2. The van der Waals surface area contributed by atoms with Crippen LogP contribution in [-0.2, 0) is 4.79 Å². The summed E-state index contributed by atoms with van der Waals surface area (Å²) in [6.07, 6.45) is 0. The number of benzene rings is 1. The van der Waals surface area contributed by atoms with Gasteiger partial charge in [0, 0.05) is 17.8 Å². The number of carbonyl (C=O) groups is 2. The van der Waals surface area contributed by atoms with Crippen LogP contribution in [0.15, 0.2) is 18.2 Å². The van der Waals surface area contributed by atoms with Crippen molar-refractivity contribution in [1.82, 2.24) is 4.90 Å². The molecule has 4 N–H and O–H groups in total. The SMILES string of the molecule is Cc1ccc(N)cc1C(=O)N(CC(N)=O)CC(C)C.Cl. The van der Waals surface area contributed by atoms with Crippen LogP contribution in [0, 0.1) is 12.8 Å². The van der Waals surface area contributed by atoms with Crippen molar-refractivity contribution in [3.05, 3.63) is 29.3 Å². The maximum Gasteiger partial charge on any atom is 0.254 e. The molecule has 0 heterocycles. The third kappa shape index (κ3) is 5.09. The molecule has 0 aliphatic heterocycles. The first-order valence-corrected chi connectivity index (χ1v) is 6.25. The second kappa shape index (κ2) is 7.75. The fourth-order valence-electron chi connectivity index (χ4n) is 1.89. The molecule has 112 valence electrons. The van der Waals surface area contributed by atoms with Crippen LogP contribution in [0.4, 0.5) is 5.69 Å². The zero-order chi connectivity index (χ0) is 14.6. The van der Waals surface area contributed by atoms with Gasteiger partial charge in [-0.05, 0) is 30.5 Å². The van der Waals surface area contributed by atoms with E-state index in [1.807, 2.05) is 20.8 Å². The van der Waals surface area contributed by atoms with E-state index in [4.69, 9.17) is 11.5 Å². The molecular weight excluding hydrogens is 278 g/mol. The average molecular weight is 300 g/mol. The standard InChI is InChI=1S/C14H21N3O2.ClH/c1-9(2)7-17(8-13(16)18)14(19)12-6-11(15)5-4-10(12)3;/h4-6,9H,7-8,15H2,1-3H3,(H2,16,18);1H. The minimum absolute atomic E-state index is 0. The number of primary amides is 1. The van der Waals surface area contributed by atoms with Crippen molar-refractivity contribution < 1.29 is 9.59 Å². The first-order chi connectivity index (χ1) is 8.81. The van der Waals surface area contributed by atoms with Gasteiger partial charge in [0.2, 0.25) is 5.91 Å². The maximum absolute atomic E-state index is 12.5. The number of rotatable bonds is 5. The van der Waals surface area contributed by atoms with Gasteiger partial charge in [-0.25, -0.2) is 0 Å². The lowest BCUT2D eigenvalue weighted by molar-refractivity contribution is -0.118. The Bertz CT molecular complexity index is 489. The van der Waals surface area contributed by atoms with Crippen molar-refractivity contribution in [2.45, 2.75) is 20.8 Å². The molecule has 0 saturated carbocycles. The van der Waals surface area contributed by atoms with Gasteiger partial charge in [0.25, 0.3) is 5.91 Å². The summed E-state index contributed by atoms with van der Waals surface area (Å²) in [5.41, 5.74) is 12.8. The molecule has 2 amide bonds. The van der Waals surface area contributed by atoms with Crippen LogP contribution in [0.25, 0.3) is 0 Å². The second-order valence-corrected chi connectivity index (χ2v) is 5.12. The van der Waals surface area contributed by atoms with Crippen LogP contribution in [0.1, 0.15) is 29.8 Å². The summed E-state index contributed by atoms with van der Waals surface area (Å²) in [6, 6.07) is 5.17. The van der Waals surface area contributed by atoms with Crippen molar-refractivity contribution in [2.75, 3.05) is 18.8 Å². The van der Waals surface area contributed by atoms with Gasteiger partial charge in [-0.1, -0.05) is 19.9 Å². The van der Waals surface area contributed by atoms with Crippen LogP contribution in [-0.4, -0.2) is 29.8 Å². The largest absolute Gasteiger partial charge is 0.399 e. The van der Waals surface area contributed by atoms with Gasteiger partial charge < -0.3 is 16.4 Å². The molecule has 0 fully saturated rings. The van der Waals surface area contributed by atoms with Gasteiger partial charge in [0.05, 0.1) is 6.54 Å². The predicted molar refractivity (Wildman–Crippen MR) is 82.8 cm³/mol. The number of anilines is 1. The summed E-state index contributed by atoms with van der Waals surface area (Å²) in [7, 11) is 0. The van der Waals surface area contributed by atoms with E-state index in [2.05, 4.69) is 0 Å². The molecule has 0 aliphatic carbocycles. The number of amides is 2. The number of halogens is 1. The first-order valence-electron chi connectivity index (χ1n) is 6.25. The molecule has 0 radical (unpaired) electrons. The lowest BCUT2D eigenvalue weighted by Crippen LogP contribution is -2.40. The van der Waals surface area contributed by atoms with E-state index in [0.29, 0.717) is 17.8 Å². The van der Waals surface area contributed by atoms with E-state index in [-0.39, 0.29) is 30.8 Å². The highest BCUT2D eigenvalue weighted by molar-refractivity contribution is 5.98. The van der Waals surface area contributed by atoms with Crippen molar-refractivity contribution >= 4 is 29.9 Å². The zero-order valence-corrected chi connectivity index (χ0v) is 12.9. The topological polar surface area (TPSA) is 89.4 Å². The Balaban J connectivity index is 0.00000361. The third-order valence-electron chi connectivity index (χ3n) is 2.71. The van der Waals surface area contributed by atoms with E-state index in [0.717, 1.165) is 5.56 Å². The Morgan fingerprint density at radius 2 is 1.90 bits per heavy atom. The normalized spacial score (nSPS) is 10.0.